The Labute approximate surface area is 90.7 Å². The van der Waals surface area contributed by atoms with Gasteiger partial charge in [0, 0.05) is 32.1 Å². The Morgan fingerprint density at radius 2 is 2.20 bits per heavy atom. The molecule has 0 saturated heterocycles. The second-order valence-corrected chi connectivity index (χ2v) is 3.34. The van der Waals surface area contributed by atoms with Crippen LogP contribution >= 0.6 is 0 Å². The highest BCUT2D eigenvalue weighted by molar-refractivity contribution is 5.76. The predicted octanol–water partition coefficient (Wildman–Crippen LogP) is -1.29. The normalized spacial score (nSPS) is 12.5. The van der Waals surface area contributed by atoms with Crippen molar-refractivity contribution < 1.29 is 9.63 Å². The van der Waals surface area contributed by atoms with Gasteiger partial charge in [-0.15, -0.1) is 0 Å². The lowest BCUT2D eigenvalue weighted by Crippen LogP contribution is -2.34. The van der Waals surface area contributed by atoms with Crippen molar-refractivity contribution in [3.05, 3.63) is 0 Å². The maximum atomic E-state index is 11.2. The Hall–Kier alpha value is -0.690. The van der Waals surface area contributed by atoms with Crippen molar-refractivity contribution in [2.45, 2.75) is 25.3 Å². The Morgan fingerprint density at radius 3 is 2.80 bits per heavy atom. The summed E-state index contributed by atoms with van der Waals surface area (Å²) in [6.45, 7) is 1.71. The van der Waals surface area contributed by atoms with E-state index in [1.165, 1.54) is 0 Å². The molecule has 0 aromatic carbocycles. The summed E-state index contributed by atoms with van der Waals surface area (Å²) in [6.07, 6.45) is 2.04. The van der Waals surface area contributed by atoms with Crippen LogP contribution in [0.15, 0.2) is 0 Å². The van der Waals surface area contributed by atoms with Crippen LogP contribution in [-0.2, 0) is 9.63 Å². The third-order valence-electron chi connectivity index (χ3n) is 1.91. The van der Waals surface area contributed by atoms with Crippen LogP contribution in [0.2, 0.25) is 0 Å². The van der Waals surface area contributed by atoms with Gasteiger partial charge in [-0.25, -0.2) is 5.48 Å². The predicted molar refractivity (Wildman–Crippen MR) is 58.9 cm³/mol. The number of nitrogens with two attached hydrogens (primary N) is 2. The van der Waals surface area contributed by atoms with Crippen LogP contribution in [0.1, 0.15) is 19.3 Å². The summed E-state index contributed by atoms with van der Waals surface area (Å²) in [5, 5.41) is 2.68. The minimum absolute atomic E-state index is 0.0346. The van der Waals surface area contributed by atoms with E-state index in [4.69, 9.17) is 11.5 Å². The summed E-state index contributed by atoms with van der Waals surface area (Å²) in [6, 6.07) is -0.0959. The number of hydrogen-bond acceptors (Lipinski definition) is 5. The number of nitrogens with one attached hydrogen (secondary N) is 2. The first-order valence-corrected chi connectivity index (χ1v) is 5.19. The molecule has 0 aromatic heterocycles. The summed E-state index contributed by atoms with van der Waals surface area (Å²) in [5.74, 6) is -0.0346. The fraction of sp³-hybridized carbons (Fsp3) is 0.889. The summed E-state index contributed by atoms with van der Waals surface area (Å²) in [4.78, 5) is 15.9. The SMILES string of the molecule is CONCCCC(N)CC(=O)NCCN. The first kappa shape index (κ1) is 14.3. The molecule has 0 aliphatic carbocycles. The fourth-order valence-corrected chi connectivity index (χ4v) is 1.16. The molecule has 0 fully saturated rings. The monoisotopic (exact) mass is 218 g/mol. The molecule has 0 aliphatic rings. The van der Waals surface area contributed by atoms with E-state index in [0.29, 0.717) is 19.5 Å². The fourth-order valence-electron chi connectivity index (χ4n) is 1.16. The van der Waals surface area contributed by atoms with Crippen molar-refractivity contribution in [2.24, 2.45) is 11.5 Å². The van der Waals surface area contributed by atoms with Crippen molar-refractivity contribution in [3.8, 4) is 0 Å². The van der Waals surface area contributed by atoms with Gasteiger partial charge in [0.1, 0.15) is 0 Å². The molecular formula is C9H22N4O2. The molecule has 6 heteroatoms. The number of hydroxylamine groups is 1. The number of amides is 1. The minimum Gasteiger partial charge on any atom is -0.355 e. The first-order valence-electron chi connectivity index (χ1n) is 5.19. The molecule has 15 heavy (non-hydrogen) atoms. The van der Waals surface area contributed by atoms with Gasteiger partial charge in [0.15, 0.2) is 0 Å². The van der Waals surface area contributed by atoms with Crippen LogP contribution in [-0.4, -0.2) is 38.7 Å². The lowest BCUT2D eigenvalue weighted by atomic mass is 10.1. The molecule has 0 radical (unpaired) electrons. The van der Waals surface area contributed by atoms with E-state index >= 15 is 0 Å². The van der Waals surface area contributed by atoms with E-state index in [-0.39, 0.29) is 11.9 Å². The van der Waals surface area contributed by atoms with Crippen LogP contribution in [0.25, 0.3) is 0 Å². The van der Waals surface area contributed by atoms with E-state index in [1.807, 2.05) is 0 Å². The van der Waals surface area contributed by atoms with Crippen LogP contribution in [0.5, 0.6) is 0 Å². The van der Waals surface area contributed by atoms with Crippen LogP contribution in [0.3, 0.4) is 0 Å². The summed E-state index contributed by atoms with van der Waals surface area (Å²) in [7, 11) is 1.57. The molecule has 0 saturated carbocycles. The minimum atomic E-state index is -0.0959. The lowest BCUT2D eigenvalue weighted by Gasteiger charge is -2.11. The second-order valence-electron chi connectivity index (χ2n) is 3.34. The highest BCUT2D eigenvalue weighted by Crippen LogP contribution is 1.98. The molecular weight excluding hydrogens is 196 g/mol. The average Bonchev–Trinajstić information content (AvgIpc) is 2.21. The molecule has 6 nitrogen and oxygen atoms in total. The molecule has 0 aromatic rings. The van der Waals surface area contributed by atoms with Gasteiger partial charge in [-0.3, -0.25) is 4.79 Å². The number of rotatable bonds is 9. The zero-order valence-electron chi connectivity index (χ0n) is 9.29. The molecule has 0 rings (SSSR count). The van der Waals surface area contributed by atoms with Crippen molar-refractivity contribution >= 4 is 5.91 Å². The second kappa shape index (κ2) is 9.85. The highest BCUT2D eigenvalue weighted by Gasteiger charge is 2.08. The van der Waals surface area contributed by atoms with Gasteiger partial charge in [0.05, 0.1) is 7.11 Å². The molecule has 6 N–H and O–H groups in total. The highest BCUT2D eigenvalue weighted by atomic mass is 16.6. The maximum absolute atomic E-state index is 11.2. The maximum Gasteiger partial charge on any atom is 0.221 e. The zero-order valence-corrected chi connectivity index (χ0v) is 9.29. The van der Waals surface area contributed by atoms with E-state index < -0.39 is 0 Å². The van der Waals surface area contributed by atoms with Gasteiger partial charge >= 0.3 is 0 Å². The molecule has 0 aliphatic heterocycles. The standard InChI is InChI=1S/C9H22N4O2/c1-15-13-5-2-3-8(11)7-9(14)12-6-4-10/h8,13H,2-7,10-11H2,1H3,(H,12,14). The van der Waals surface area contributed by atoms with Crippen LogP contribution in [0.4, 0.5) is 0 Å². The Bertz CT molecular complexity index is 166. The summed E-state index contributed by atoms with van der Waals surface area (Å²) < 4.78 is 0. The van der Waals surface area contributed by atoms with E-state index in [9.17, 15) is 4.79 Å². The molecule has 0 bridgehead atoms. The van der Waals surface area contributed by atoms with Crippen LogP contribution in [0, 0.1) is 0 Å². The number of hydrogen-bond donors (Lipinski definition) is 4. The molecule has 0 spiro atoms. The number of carbonyl (C=O) groups is 1. The average molecular weight is 218 g/mol. The van der Waals surface area contributed by atoms with E-state index in [0.717, 1.165) is 19.4 Å². The van der Waals surface area contributed by atoms with Gasteiger partial charge in [-0.1, -0.05) is 0 Å². The van der Waals surface area contributed by atoms with Crippen molar-refractivity contribution in [3.63, 3.8) is 0 Å². The first-order chi connectivity index (χ1) is 7.20. The Balaban J connectivity index is 3.38. The quantitative estimate of drug-likeness (QED) is 0.285. The summed E-state index contributed by atoms with van der Waals surface area (Å²) >= 11 is 0. The van der Waals surface area contributed by atoms with Gasteiger partial charge in [-0.05, 0) is 12.8 Å². The van der Waals surface area contributed by atoms with Gasteiger partial charge in [-0.2, -0.15) is 0 Å². The molecule has 1 unspecified atom stereocenters. The van der Waals surface area contributed by atoms with Gasteiger partial charge in [0.25, 0.3) is 0 Å². The van der Waals surface area contributed by atoms with Crippen molar-refractivity contribution in [2.75, 3.05) is 26.7 Å². The molecule has 90 valence electrons. The molecule has 0 heterocycles. The van der Waals surface area contributed by atoms with Gasteiger partial charge < -0.3 is 21.6 Å². The smallest absolute Gasteiger partial charge is 0.221 e. The Kier molecular flexibility index (Phi) is 9.40. The molecule has 1 atom stereocenters. The lowest BCUT2D eigenvalue weighted by molar-refractivity contribution is -0.121. The molecule has 1 amide bonds. The van der Waals surface area contributed by atoms with Crippen molar-refractivity contribution in [1.29, 1.82) is 0 Å². The van der Waals surface area contributed by atoms with Crippen molar-refractivity contribution in [1.82, 2.24) is 10.8 Å². The number of carbonyl (C=O) groups excluding carboxylic acids is 1. The van der Waals surface area contributed by atoms with E-state index in [2.05, 4.69) is 15.6 Å². The topological polar surface area (TPSA) is 102 Å². The third-order valence-corrected chi connectivity index (χ3v) is 1.91. The largest absolute Gasteiger partial charge is 0.355 e. The van der Waals surface area contributed by atoms with Gasteiger partial charge in [0.2, 0.25) is 5.91 Å². The zero-order chi connectivity index (χ0) is 11.5. The van der Waals surface area contributed by atoms with E-state index in [1.54, 1.807) is 7.11 Å². The Morgan fingerprint density at radius 1 is 1.47 bits per heavy atom. The van der Waals surface area contributed by atoms with Crippen LogP contribution < -0.4 is 22.3 Å². The third kappa shape index (κ3) is 9.61. The summed E-state index contributed by atoms with van der Waals surface area (Å²) in [5.41, 5.74) is 13.7.